The number of hydrogen-bond acceptors (Lipinski definition) is 5. The number of nitrogens with zero attached hydrogens (tertiary/aromatic N) is 5. The first kappa shape index (κ1) is 19.2. The fourth-order valence-corrected chi connectivity index (χ4v) is 3.33. The smallest absolute Gasteiger partial charge is 0.138 e. The maximum absolute atomic E-state index is 9.52. The lowest BCUT2D eigenvalue weighted by molar-refractivity contribution is 1.13. The molecule has 1 aliphatic carbocycles. The zero-order valence-electron chi connectivity index (χ0n) is 15.9. The molecule has 0 saturated heterocycles. The van der Waals surface area contributed by atoms with E-state index in [1.165, 1.54) is 0 Å². The zero-order chi connectivity index (χ0) is 21.0. The predicted molar refractivity (Wildman–Crippen MR) is 111 cm³/mol. The Bertz CT molecular complexity index is 1140. The summed E-state index contributed by atoms with van der Waals surface area (Å²) in [6, 6.07) is 22.7. The van der Waals surface area contributed by atoms with E-state index < -0.39 is 0 Å². The lowest BCUT2D eigenvalue weighted by Crippen LogP contribution is -2.07. The molecule has 3 rings (SSSR count). The first-order chi connectivity index (χ1) is 14.0. The first-order valence-corrected chi connectivity index (χ1v) is 8.74. The summed E-state index contributed by atoms with van der Waals surface area (Å²) in [6.07, 6.45) is 1.81. The summed E-state index contributed by atoms with van der Waals surface area (Å²) in [5.41, 5.74) is 4.49. The zero-order valence-corrected chi connectivity index (χ0v) is 15.9. The van der Waals surface area contributed by atoms with Crippen molar-refractivity contribution < 1.29 is 0 Å². The topological polar surface area (TPSA) is 98.4 Å². The third-order valence-corrected chi connectivity index (χ3v) is 4.67. The normalized spacial score (nSPS) is 11.4. The van der Waals surface area contributed by atoms with Gasteiger partial charge in [-0.3, -0.25) is 0 Å². The van der Waals surface area contributed by atoms with Crippen LogP contribution in [0.5, 0.6) is 0 Å². The lowest BCUT2D eigenvalue weighted by atomic mass is 9.94. The van der Waals surface area contributed by atoms with E-state index in [4.69, 9.17) is 0 Å². The highest BCUT2D eigenvalue weighted by atomic mass is 15.1. The van der Waals surface area contributed by atoms with Crippen LogP contribution in [0.2, 0.25) is 0 Å². The van der Waals surface area contributed by atoms with Gasteiger partial charge < -0.3 is 4.90 Å². The SMILES string of the molecule is CN(C)c1ccc(C=C2C(=C(C#N)C#N)c3ccccc3C2=C(C#N)C#N)cc1. The molecule has 0 saturated carbocycles. The van der Waals surface area contributed by atoms with Crippen LogP contribution in [0.1, 0.15) is 16.7 Å². The van der Waals surface area contributed by atoms with E-state index in [0.717, 1.165) is 11.3 Å². The van der Waals surface area contributed by atoms with Gasteiger partial charge in [-0.15, -0.1) is 0 Å². The molecule has 2 aromatic rings. The van der Waals surface area contributed by atoms with E-state index in [1.807, 2.05) is 73.6 Å². The molecule has 0 aromatic heterocycles. The average Bonchev–Trinajstić information content (AvgIpc) is 3.05. The molecular formula is C24H15N5. The quantitative estimate of drug-likeness (QED) is 0.724. The molecule has 0 fully saturated rings. The second-order valence-electron chi connectivity index (χ2n) is 6.54. The molecule has 0 bridgehead atoms. The largest absolute Gasteiger partial charge is 0.378 e. The van der Waals surface area contributed by atoms with Crippen molar-refractivity contribution in [3.05, 3.63) is 81.9 Å². The first-order valence-electron chi connectivity index (χ1n) is 8.74. The molecular weight excluding hydrogens is 358 g/mol. The Morgan fingerprint density at radius 1 is 0.724 bits per heavy atom. The second kappa shape index (κ2) is 7.98. The standard InChI is InChI=1S/C24H15N5/c1-29(2)19-9-7-16(8-10-19)11-22-23(17(12-25)13-26)20-5-3-4-6-21(20)24(22)18(14-27)15-28/h3-11H,1-2H3. The molecule has 5 nitrogen and oxygen atoms in total. The van der Waals surface area contributed by atoms with Gasteiger partial charge in [-0.05, 0) is 40.5 Å². The van der Waals surface area contributed by atoms with Crippen LogP contribution in [-0.2, 0) is 0 Å². The third kappa shape index (κ3) is 3.38. The highest BCUT2D eigenvalue weighted by molar-refractivity contribution is 6.15. The number of benzene rings is 2. The van der Waals surface area contributed by atoms with Crippen molar-refractivity contribution in [1.29, 1.82) is 21.0 Å². The van der Waals surface area contributed by atoms with Crippen LogP contribution in [0.3, 0.4) is 0 Å². The molecule has 0 radical (unpaired) electrons. The molecule has 136 valence electrons. The van der Waals surface area contributed by atoms with Crippen LogP contribution in [-0.4, -0.2) is 14.1 Å². The summed E-state index contributed by atoms with van der Waals surface area (Å²) >= 11 is 0. The monoisotopic (exact) mass is 373 g/mol. The average molecular weight is 373 g/mol. The van der Waals surface area contributed by atoms with Crippen LogP contribution in [0, 0.1) is 45.3 Å². The minimum absolute atomic E-state index is 0.0566. The van der Waals surface area contributed by atoms with Gasteiger partial charge in [-0.25, -0.2) is 0 Å². The van der Waals surface area contributed by atoms with E-state index in [2.05, 4.69) is 0 Å². The van der Waals surface area contributed by atoms with Crippen molar-refractivity contribution in [2.45, 2.75) is 0 Å². The number of allylic oxidation sites excluding steroid dienone is 5. The molecule has 2 aromatic carbocycles. The molecule has 0 spiro atoms. The molecule has 0 heterocycles. The van der Waals surface area contributed by atoms with Crippen LogP contribution >= 0.6 is 0 Å². The Balaban J connectivity index is 2.38. The molecule has 29 heavy (non-hydrogen) atoms. The van der Waals surface area contributed by atoms with E-state index in [9.17, 15) is 21.0 Å². The molecule has 0 atom stereocenters. The maximum atomic E-state index is 9.52. The van der Waals surface area contributed by atoms with Gasteiger partial charge in [-0.1, -0.05) is 36.4 Å². The van der Waals surface area contributed by atoms with Crippen molar-refractivity contribution in [3.8, 4) is 24.3 Å². The van der Waals surface area contributed by atoms with Crippen molar-refractivity contribution in [3.63, 3.8) is 0 Å². The Hall–Kier alpha value is -4.58. The minimum Gasteiger partial charge on any atom is -0.378 e. The van der Waals surface area contributed by atoms with Gasteiger partial charge in [0.1, 0.15) is 35.4 Å². The summed E-state index contributed by atoms with van der Waals surface area (Å²) in [6.45, 7) is 0. The van der Waals surface area contributed by atoms with Crippen LogP contribution in [0.15, 0.2) is 65.3 Å². The van der Waals surface area contributed by atoms with Gasteiger partial charge in [0.25, 0.3) is 0 Å². The molecule has 0 aliphatic heterocycles. The van der Waals surface area contributed by atoms with Gasteiger partial charge in [-0.2, -0.15) is 21.0 Å². The van der Waals surface area contributed by atoms with Gasteiger partial charge in [0.15, 0.2) is 0 Å². The Morgan fingerprint density at radius 3 is 1.55 bits per heavy atom. The van der Waals surface area contributed by atoms with E-state index in [0.29, 0.717) is 27.8 Å². The van der Waals surface area contributed by atoms with Crippen LogP contribution < -0.4 is 4.90 Å². The van der Waals surface area contributed by atoms with Gasteiger partial charge in [0, 0.05) is 30.9 Å². The van der Waals surface area contributed by atoms with E-state index >= 15 is 0 Å². The molecule has 1 aliphatic rings. The number of anilines is 1. The lowest BCUT2D eigenvalue weighted by Gasteiger charge is -2.12. The third-order valence-electron chi connectivity index (χ3n) is 4.67. The van der Waals surface area contributed by atoms with Gasteiger partial charge >= 0.3 is 0 Å². The maximum Gasteiger partial charge on any atom is 0.138 e. The van der Waals surface area contributed by atoms with Crippen molar-refractivity contribution in [2.75, 3.05) is 19.0 Å². The fraction of sp³-hybridized carbons (Fsp3) is 0.0833. The number of nitriles is 4. The van der Waals surface area contributed by atoms with Crippen LogP contribution in [0.25, 0.3) is 17.2 Å². The van der Waals surface area contributed by atoms with E-state index in [1.54, 1.807) is 24.3 Å². The predicted octanol–water partition coefficient (Wildman–Crippen LogP) is 4.45. The number of rotatable bonds is 2. The molecule has 5 heteroatoms. The minimum atomic E-state index is -0.0566. The highest BCUT2D eigenvalue weighted by Gasteiger charge is 2.31. The van der Waals surface area contributed by atoms with Gasteiger partial charge in [0.05, 0.1) is 0 Å². The molecule has 0 amide bonds. The van der Waals surface area contributed by atoms with E-state index in [-0.39, 0.29) is 11.1 Å². The summed E-state index contributed by atoms with van der Waals surface area (Å²) in [7, 11) is 3.89. The van der Waals surface area contributed by atoms with Gasteiger partial charge in [0.2, 0.25) is 0 Å². The van der Waals surface area contributed by atoms with Crippen LogP contribution in [0.4, 0.5) is 5.69 Å². The summed E-state index contributed by atoms with van der Waals surface area (Å²) < 4.78 is 0. The van der Waals surface area contributed by atoms with Crippen molar-refractivity contribution in [1.82, 2.24) is 0 Å². The second-order valence-corrected chi connectivity index (χ2v) is 6.54. The van der Waals surface area contributed by atoms with Crippen molar-refractivity contribution in [2.24, 2.45) is 0 Å². The Kier molecular flexibility index (Phi) is 5.28. The Morgan fingerprint density at radius 2 is 1.17 bits per heavy atom. The number of fused-ring (bicyclic) bond motifs is 1. The highest BCUT2D eigenvalue weighted by Crippen LogP contribution is 2.48. The summed E-state index contributed by atoms with van der Waals surface area (Å²) in [4.78, 5) is 1.98. The van der Waals surface area contributed by atoms with Crippen molar-refractivity contribution >= 4 is 22.9 Å². The molecule has 0 N–H and O–H groups in total. The summed E-state index contributed by atoms with van der Waals surface area (Å²) in [5, 5.41) is 38.1. The summed E-state index contributed by atoms with van der Waals surface area (Å²) in [5.74, 6) is 0. The number of hydrogen-bond donors (Lipinski definition) is 0. The Labute approximate surface area is 169 Å². The fourth-order valence-electron chi connectivity index (χ4n) is 3.33. The molecule has 0 unspecified atom stereocenters.